The van der Waals surface area contributed by atoms with Gasteiger partial charge in [-0.25, -0.2) is 0 Å². The summed E-state index contributed by atoms with van der Waals surface area (Å²) < 4.78 is 13.0. The van der Waals surface area contributed by atoms with Gasteiger partial charge in [0.2, 0.25) is 0 Å². The van der Waals surface area contributed by atoms with Crippen molar-refractivity contribution in [2.75, 3.05) is 20.3 Å². The molecule has 0 aromatic rings. The van der Waals surface area contributed by atoms with Crippen molar-refractivity contribution in [3.05, 3.63) is 11.6 Å². The molecule has 11 atom stereocenters. The Morgan fingerprint density at radius 1 is 1.05 bits per heavy atom. The van der Waals surface area contributed by atoms with Crippen molar-refractivity contribution in [3.8, 4) is 0 Å². The number of nitrogens with two attached hydrogens (primary N) is 1. The molecule has 6 heteroatoms. The lowest BCUT2D eigenvalue weighted by molar-refractivity contribution is -0.224. The van der Waals surface area contributed by atoms with E-state index in [-0.39, 0.29) is 57.7 Å². The van der Waals surface area contributed by atoms with Crippen molar-refractivity contribution in [2.24, 2.45) is 67.8 Å². The molecule has 0 radical (unpaired) electrons. The number of rotatable bonds is 8. The van der Waals surface area contributed by atoms with E-state index < -0.39 is 22.8 Å². The first kappa shape index (κ1) is 35.9. The highest BCUT2D eigenvalue weighted by atomic mass is 16.5. The molecule has 44 heavy (non-hydrogen) atoms. The molecule has 4 N–H and O–H groups in total. The van der Waals surface area contributed by atoms with Gasteiger partial charge in [0.1, 0.15) is 0 Å². The van der Waals surface area contributed by atoms with Crippen LogP contribution in [0.4, 0.5) is 0 Å². The smallest absolute Gasteiger partial charge is 0.307 e. The molecule has 3 fully saturated rings. The molecule has 0 amide bonds. The summed E-state index contributed by atoms with van der Waals surface area (Å²) in [6.07, 6.45) is 7.43. The second-order valence-corrected chi connectivity index (χ2v) is 18.7. The van der Waals surface area contributed by atoms with Gasteiger partial charge in [0.05, 0.1) is 31.3 Å². The number of aliphatic hydroxyl groups is 1. The standard InChI is InChI=1S/C38H67NO5/c1-23(2)24(3)34(9)18-19-35(10)25-14-15-28-33(7,8)30(44-22-37(12,39)32(4,5)6)27(43-13)20-38(28,21-40)26(25)16-17-36(35,11)29(34)31(41)42/h16,23-25,27-30,40H,14-15,17-22,39H2,1-13H3,(H,41,42)/t24-,25+,27-,28+,29-,30+,34-,35-,36+,37+,38+/m1/s1. The lowest BCUT2D eigenvalue weighted by atomic mass is 9.34. The first-order chi connectivity index (χ1) is 20.0. The van der Waals surface area contributed by atoms with Crippen LogP contribution in [0.5, 0.6) is 0 Å². The van der Waals surface area contributed by atoms with Crippen molar-refractivity contribution >= 4 is 5.97 Å². The lowest BCUT2D eigenvalue weighted by Gasteiger charge is -2.70. The Kier molecular flexibility index (Phi) is 9.25. The van der Waals surface area contributed by atoms with Crippen LogP contribution in [0.3, 0.4) is 0 Å². The number of ether oxygens (including phenoxy) is 2. The third-order valence-corrected chi connectivity index (χ3v) is 15.3. The highest BCUT2D eigenvalue weighted by Gasteiger charge is 2.70. The quantitative estimate of drug-likeness (QED) is 0.241. The largest absolute Gasteiger partial charge is 0.481 e. The molecule has 4 aliphatic rings. The molecule has 0 bridgehead atoms. The summed E-state index contributed by atoms with van der Waals surface area (Å²) in [5.74, 6) is 0.120. The van der Waals surface area contributed by atoms with Gasteiger partial charge < -0.3 is 25.4 Å². The van der Waals surface area contributed by atoms with E-state index >= 15 is 0 Å². The van der Waals surface area contributed by atoms with Gasteiger partial charge in [-0.1, -0.05) is 87.8 Å². The Morgan fingerprint density at radius 3 is 2.16 bits per heavy atom. The molecule has 0 spiro atoms. The molecular weight excluding hydrogens is 550 g/mol. The maximum absolute atomic E-state index is 13.3. The fourth-order valence-corrected chi connectivity index (χ4v) is 11.2. The zero-order chi connectivity index (χ0) is 33.5. The first-order valence-corrected chi connectivity index (χ1v) is 17.5. The van der Waals surface area contributed by atoms with Crippen LogP contribution < -0.4 is 5.73 Å². The summed E-state index contributed by atoms with van der Waals surface area (Å²) in [5.41, 5.74) is 6.04. The predicted molar refractivity (Wildman–Crippen MR) is 178 cm³/mol. The minimum atomic E-state index is -0.642. The highest BCUT2D eigenvalue weighted by molar-refractivity contribution is 5.73. The number of aliphatic carboxylic acids is 1. The molecular formula is C38H67NO5. The van der Waals surface area contributed by atoms with Crippen LogP contribution in [-0.2, 0) is 14.3 Å². The second-order valence-electron chi connectivity index (χ2n) is 18.7. The summed E-state index contributed by atoms with van der Waals surface area (Å²) >= 11 is 0. The van der Waals surface area contributed by atoms with E-state index in [0.29, 0.717) is 24.9 Å². The fraction of sp³-hybridized carbons (Fsp3) is 0.921. The SMILES string of the molecule is CO[C@@H]1C[C@]2(CO)C3=CC[C@@]4(C)[C@H](C(=O)O)[C@@](C)([C@H](C)C(C)C)CC[C@]4(C)[C@H]3CC[C@H]2C(C)(C)[C@H]1OC[C@](C)(N)C(C)(C)C. The van der Waals surface area contributed by atoms with E-state index in [1.165, 1.54) is 5.57 Å². The Bertz CT molecular complexity index is 1120. The van der Waals surface area contributed by atoms with Gasteiger partial charge in [-0.05, 0) is 96.2 Å². The summed E-state index contributed by atoms with van der Waals surface area (Å²) in [7, 11) is 1.77. The van der Waals surface area contributed by atoms with E-state index in [4.69, 9.17) is 15.2 Å². The minimum Gasteiger partial charge on any atom is -0.481 e. The molecule has 254 valence electrons. The number of allylic oxidation sites excluding steroid dienone is 1. The van der Waals surface area contributed by atoms with E-state index in [0.717, 1.165) is 32.1 Å². The van der Waals surface area contributed by atoms with E-state index in [1.807, 2.05) is 0 Å². The Labute approximate surface area is 269 Å². The zero-order valence-electron chi connectivity index (χ0n) is 30.5. The molecule has 4 aliphatic carbocycles. The molecule has 0 aromatic heterocycles. The average Bonchev–Trinajstić information content (AvgIpc) is 2.91. The summed E-state index contributed by atoms with van der Waals surface area (Å²) in [5, 5.41) is 22.4. The van der Waals surface area contributed by atoms with Gasteiger partial charge in [-0.2, -0.15) is 0 Å². The van der Waals surface area contributed by atoms with Crippen molar-refractivity contribution in [1.82, 2.24) is 0 Å². The number of methoxy groups -OCH3 is 1. The van der Waals surface area contributed by atoms with Crippen LogP contribution in [0, 0.1) is 62.1 Å². The first-order valence-electron chi connectivity index (χ1n) is 17.5. The Balaban J connectivity index is 1.77. The molecule has 0 aliphatic heterocycles. The molecule has 0 unspecified atom stereocenters. The second kappa shape index (κ2) is 11.3. The minimum absolute atomic E-state index is 0.0733. The molecule has 6 nitrogen and oxygen atoms in total. The highest BCUT2D eigenvalue weighted by Crippen LogP contribution is 2.74. The van der Waals surface area contributed by atoms with Crippen LogP contribution in [0.25, 0.3) is 0 Å². The third kappa shape index (κ3) is 4.97. The van der Waals surface area contributed by atoms with E-state index in [2.05, 4.69) is 89.2 Å². The van der Waals surface area contributed by atoms with Crippen LogP contribution in [-0.4, -0.2) is 54.3 Å². The number of carbonyl (C=O) groups is 1. The molecule has 3 saturated carbocycles. The van der Waals surface area contributed by atoms with Gasteiger partial charge in [-0.3, -0.25) is 4.79 Å². The average molecular weight is 618 g/mol. The normalized spacial score (nSPS) is 44.1. The van der Waals surface area contributed by atoms with E-state index in [9.17, 15) is 15.0 Å². The van der Waals surface area contributed by atoms with Crippen LogP contribution in [0.1, 0.15) is 122 Å². The van der Waals surface area contributed by atoms with Crippen LogP contribution in [0.15, 0.2) is 11.6 Å². The van der Waals surface area contributed by atoms with Crippen molar-refractivity contribution in [3.63, 3.8) is 0 Å². The van der Waals surface area contributed by atoms with Gasteiger partial charge in [0.15, 0.2) is 0 Å². The summed E-state index contributed by atoms with van der Waals surface area (Å²) in [6.45, 7) is 27.3. The summed E-state index contributed by atoms with van der Waals surface area (Å²) in [6, 6.07) is 0. The van der Waals surface area contributed by atoms with Gasteiger partial charge in [0, 0.05) is 18.1 Å². The number of carboxylic acids is 1. The van der Waals surface area contributed by atoms with Gasteiger partial charge in [0.25, 0.3) is 0 Å². The summed E-state index contributed by atoms with van der Waals surface area (Å²) in [4.78, 5) is 13.3. The number of hydrogen-bond donors (Lipinski definition) is 3. The number of aliphatic hydroxyl groups excluding tert-OH is 1. The number of fused-ring (bicyclic) bond motifs is 5. The van der Waals surface area contributed by atoms with Gasteiger partial charge >= 0.3 is 5.97 Å². The molecule has 0 heterocycles. The predicted octanol–water partition coefficient (Wildman–Crippen LogP) is 7.72. The zero-order valence-corrected chi connectivity index (χ0v) is 30.5. The maximum Gasteiger partial charge on any atom is 0.307 e. The van der Waals surface area contributed by atoms with Crippen molar-refractivity contribution in [1.29, 1.82) is 0 Å². The lowest BCUT2D eigenvalue weighted by Crippen LogP contribution is -2.67. The van der Waals surface area contributed by atoms with Crippen molar-refractivity contribution in [2.45, 2.75) is 139 Å². The maximum atomic E-state index is 13.3. The monoisotopic (exact) mass is 618 g/mol. The van der Waals surface area contributed by atoms with Gasteiger partial charge in [-0.15, -0.1) is 0 Å². The fourth-order valence-electron chi connectivity index (χ4n) is 11.2. The van der Waals surface area contributed by atoms with Crippen molar-refractivity contribution < 1.29 is 24.5 Å². The number of hydrogen-bond acceptors (Lipinski definition) is 5. The number of carboxylic acid groups (broad SMARTS) is 1. The topological polar surface area (TPSA) is 102 Å². The molecule has 0 aromatic carbocycles. The third-order valence-electron chi connectivity index (χ3n) is 15.3. The van der Waals surface area contributed by atoms with E-state index in [1.54, 1.807) is 7.11 Å². The van der Waals surface area contributed by atoms with Crippen LogP contribution >= 0.6 is 0 Å². The Hall–Kier alpha value is -0.950. The molecule has 4 rings (SSSR count). The Morgan fingerprint density at radius 2 is 1.66 bits per heavy atom. The molecule has 0 saturated heterocycles. The van der Waals surface area contributed by atoms with Crippen LogP contribution in [0.2, 0.25) is 0 Å².